The predicted molar refractivity (Wildman–Crippen MR) is 67.7 cm³/mol. The first-order valence-electron chi connectivity index (χ1n) is 5.38. The van der Waals surface area contributed by atoms with E-state index < -0.39 is 0 Å². The van der Waals surface area contributed by atoms with Gasteiger partial charge in [0.1, 0.15) is 0 Å². The molecule has 5 heteroatoms. The molecule has 0 spiro atoms. The van der Waals surface area contributed by atoms with E-state index in [4.69, 9.17) is 9.63 Å². The maximum absolute atomic E-state index is 8.67. The van der Waals surface area contributed by atoms with Crippen LogP contribution in [0.1, 0.15) is 11.5 Å². The molecule has 0 unspecified atom stereocenters. The third kappa shape index (κ3) is 3.31. The van der Waals surface area contributed by atoms with Gasteiger partial charge in [0.15, 0.2) is 0 Å². The Kier molecular flexibility index (Phi) is 4.17. The molecule has 0 bridgehead atoms. The first kappa shape index (κ1) is 12.1. The van der Waals surface area contributed by atoms with Crippen molar-refractivity contribution >= 4 is 11.8 Å². The molecule has 1 N–H and O–H groups in total. The van der Waals surface area contributed by atoms with E-state index in [9.17, 15) is 0 Å². The SMILES string of the molecule is Cc1ccc(-c2noc(CSCCO)n2)cc1. The van der Waals surface area contributed by atoms with Crippen molar-refractivity contribution < 1.29 is 9.63 Å². The summed E-state index contributed by atoms with van der Waals surface area (Å²) >= 11 is 1.57. The normalized spacial score (nSPS) is 10.7. The molecule has 1 heterocycles. The second-order valence-electron chi connectivity index (χ2n) is 3.65. The van der Waals surface area contributed by atoms with Crippen molar-refractivity contribution in [3.05, 3.63) is 35.7 Å². The average molecular weight is 250 g/mol. The van der Waals surface area contributed by atoms with Gasteiger partial charge >= 0.3 is 0 Å². The number of aliphatic hydroxyl groups excluding tert-OH is 1. The summed E-state index contributed by atoms with van der Waals surface area (Å²) in [4.78, 5) is 4.30. The van der Waals surface area contributed by atoms with Gasteiger partial charge < -0.3 is 9.63 Å². The summed E-state index contributed by atoms with van der Waals surface area (Å²) < 4.78 is 5.13. The second kappa shape index (κ2) is 5.84. The fraction of sp³-hybridized carbons (Fsp3) is 0.333. The maximum Gasteiger partial charge on any atom is 0.236 e. The molecule has 0 amide bonds. The van der Waals surface area contributed by atoms with Gasteiger partial charge in [0.2, 0.25) is 11.7 Å². The highest BCUT2D eigenvalue weighted by Crippen LogP contribution is 2.18. The van der Waals surface area contributed by atoms with Crippen LogP contribution in [0.25, 0.3) is 11.4 Å². The summed E-state index contributed by atoms with van der Waals surface area (Å²) in [5.41, 5.74) is 2.16. The number of benzene rings is 1. The van der Waals surface area contributed by atoms with Crippen LogP contribution in [0.15, 0.2) is 28.8 Å². The van der Waals surface area contributed by atoms with Crippen LogP contribution in [-0.4, -0.2) is 27.6 Å². The van der Waals surface area contributed by atoms with Crippen LogP contribution in [-0.2, 0) is 5.75 Å². The summed E-state index contributed by atoms with van der Waals surface area (Å²) in [5.74, 6) is 2.53. The van der Waals surface area contributed by atoms with Crippen molar-refractivity contribution in [3.8, 4) is 11.4 Å². The fourth-order valence-corrected chi connectivity index (χ4v) is 1.92. The van der Waals surface area contributed by atoms with E-state index in [1.54, 1.807) is 11.8 Å². The van der Waals surface area contributed by atoms with Gasteiger partial charge in [-0.25, -0.2) is 0 Å². The molecule has 0 aliphatic heterocycles. The predicted octanol–water partition coefficient (Wildman–Crippen LogP) is 2.27. The molecular formula is C12H14N2O2S. The molecule has 0 saturated heterocycles. The van der Waals surface area contributed by atoms with Crippen LogP contribution in [0.5, 0.6) is 0 Å². The van der Waals surface area contributed by atoms with Gasteiger partial charge in [0, 0.05) is 11.3 Å². The first-order valence-corrected chi connectivity index (χ1v) is 6.53. The Hall–Kier alpha value is -1.33. The third-order valence-electron chi connectivity index (χ3n) is 2.24. The molecule has 0 aliphatic carbocycles. The molecule has 0 aliphatic rings. The van der Waals surface area contributed by atoms with Crippen LogP contribution in [0.2, 0.25) is 0 Å². The van der Waals surface area contributed by atoms with E-state index in [1.807, 2.05) is 31.2 Å². The number of hydrogen-bond acceptors (Lipinski definition) is 5. The first-order chi connectivity index (χ1) is 8.29. The lowest BCUT2D eigenvalue weighted by atomic mass is 10.1. The van der Waals surface area contributed by atoms with Gasteiger partial charge in [-0.1, -0.05) is 35.0 Å². The van der Waals surface area contributed by atoms with Gasteiger partial charge in [0.25, 0.3) is 0 Å². The van der Waals surface area contributed by atoms with Crippen molar-refractivity contribution in [2.24, 2.45) is 0 Å². The highest BCUT2D eigenvalue weighted by molar-refractivity contribution is 7.98. The number of nitrogens with zero attached hydrogens (tertiary/aromatic N) is 2. The summed E-state index contributed by atoms with van der Waals surface area (Å²) in [5, 5.41) is 12.6. The monoisotopic (exact) mass is 250 g/mol. The van der Waals surface area contributed by atoms with Crippen molar-refractivity contribution in [2.75, 3.05) is 12.4 Å². The Morgan fingerprint density at radius 2 is 2.06 bits per heavy atom. The standard InChI is InChI=1S/C12H14N2O2S/c1-9-2-4-10(5-3-9)12-13-11(16-14-12)8-17-7-6-15/h2-5,15H,6-8H2,1H3. The summed E-state index contributed by atoms with van der Waals surface area (Å²) in [6.45, 7) is 2.21. The Morgan fingerprint density at radius 1 is 1.29 bits per heavy atom. The van der Waals surface area contributed by atoms with E-state index >= 15 is 0 Å². The largest absolute Gasteiger partial charge is 0.396 e. The zero-order valence-corrected chi connectivity index (χ0v) is 10.4. The molecular weight excluding hydrogens is 236 g/mol. The van der Waals surface area contributed by atoms with Crippen LogP contribution in [0.3, 0.4) is 0 Å². The van der Waals surface area contributed by atoms with E-state index in [0.717, 1.165) is 5.56 Å². The zero-order valence-electron chi connectivity index (χ0n) is 9.59. The van der Waals surface area contributed by atoms with Crippen LogP contribution in [0, 0.1) is 6.92 Å². The Bertz CT molecular complexity index is 468. The molecule has 17 heavy (non-hydrogen) atoms. The zero-order chi connectivity index (χ0) is 12.1. The molecule has 2 rings (SSSR count). The Balaban J connectivity index is 2.04. The molecule has 0 atom stereocenters. The topological polar surface area (TPSA) is 59.2 Å². The third-order valence-corrected chi connectivity index (χ3v) is 3.16. The van der Waals surface area contributed by atoms with Crippen LogP contribution < -0.4 is 0 Å². The van der Waals surface area contributed by atoms with Gasteiger partial charge in [-0.05, 0) is 6.92 Å². The Morgan fingerprint density at radius 3 is 2.76 bits per heavy atom. The molecule has 4 nitrogen and oxygen atoms in total. The lowest BCUT2D eigenvalue weighted by Gasteiger charge is -1.94. The van der Waals surface area contributed by atoms with E-state index in [-0.39, 0.29) is 6.61 Å². The fourth-order valence-electron chi connectivity index (χ4n) is 1.36. The molecule has 1 aromatic heterocycles. The number of thioether (sulfide) groups is 1. The minimum absolute atomic E-state index is 0.170. The van der Waals surface area contributed by atoms with Crippen LogP contribution >= 0.6 is 11.8 Å². The molecule has 0 saturated carbocycles. The summed E-state index contributed by atoms with van der Waals surface area (Å²) in [6, 6.07) is 7.99. The summed E-state index contributed by atoms with van der Waals surface area (Å²) in [7, 11) is 0. The second-order valence-corrected chi connectivity index (χ2v) is 4.76. The highest BCUT2D eigenvalue weighted by Gasteiger charge is 2.07. The van der Waals surface area contributed by atoms with Crippen molar-refractivity contribution in [1.82, 2.24) is 10.1 Å². The molecule has 0 radical (unpaired) electrons. The molecule has 0 fully saturated rings. The lowest BCUT2D eigenvalue weighted by molar-refractivity contribution is 0.322. The quantitative estimate of drug-likeness (QED) is 0.825. The van der Waals surface area contributed by atoms with Gasteiger partial charge in [-0.15, -0.1) is 11.8 Å². The van der Waals surface area contributed by atoms with Gasteiger partial charge in [-0.3, -0.25) is 0 Å². The average Bonchev–Trinajstić information content (AvgIpc) is 2.79. The maximum atomic E-state index is 8.67. The van der Waals surface area contributed by atoms with Crippen molar-refractivity contribution in [3.63, 3.8) is 0 Å². The summed E-state index contributed by atoms with van der Waals surface area (Å²) in [6.07, 6.45) is 0. The number of aliphatic hydroxyl groups is 1. The molecule has 1 aromatic carbocycles. The minimum atomic E-state index is 0.170. The minimum Gasteiger partial charge on any atom is -0.396 e. The number of aryl methyl sites for hydroxylation is 1. The number of rotatable bonds is 5. The smallest absolute Gasteiger partial charge is 0.236 e. The number of hydrogen-bond donors (Lipinski definition) is 1. The van der Waals surface area contributed by atoms with Crippen molar-refractivity contribution in [2.45, 2.75) is 12.7 Å². The number of aromatic nitrogens is 2. The molecule has 90 valence electrons. The van der Waals surface area contributed by atoms with Crippen LogP contribution in [0.4, 0.5) is 0 Å². The van der Waals surface area contributed by atoms with E-state index in [2.05, 4.69) is 10.1 Å². The Labute approximate surface area is 104 Å². The molecule has 2 aromatic rings. The highest BCUT2D eigenvalue weighted by atomic mass is 32.2. The lowest BCUT2D eigenvalue weighted by Crippen LogP contribution is -1.88. The van der Waals surface area contributed by atoms with E-state index in [0.29, 0.717) is 23.2 Å². The van der Waals surface area contributed by atoms with Gasteiger partial charge in [-0.2, -0.15) is 4.98 Å². The van der Waals surface area contributed by atoms with Gasteiger partial charge in [0.05, 0.1) is 12.4 Å². The van der Waals surface area contributed by atoms with Crippen molar-refractivity contribution in [1.29, 1.82) is 0 Å². The van der Waals surface area contributed by atoms with E-state index in [1.165, 1.54) is 5.56 Å².